The van der Waals surface area contributed by atoms with Gasteiger partial charge >= 0.3 is 5.97 Å². The zero-order valence-corrected chi connectivity index (χ0v) is 13.2. The van der Waals surface area contributed by atoms with Gasteiger partial charge in [-0.25, -0.2) is 4.79 Å². The molecule has 0 heterocycles. The summed E-state index contributed by atoms with van der Waals surface area (Å²) in [6.07, 6.45) is 1.42. The van der Waals surface area contributed by atoms with Gasteiger partial charge in [0.2, 0.25) is 0 Å². The van der Waals surface area contributed by atoms with E-state index in [1.54, 1.807) is 24.3 Å². The van der Waals surface area contributed by atoms with Gasteiger partial charge in [-0.1, -0.05) is 43.7 Å². The molecule has 0 saturated carbocycles. The number of rotatable bonds is 9. The molecular weight excluding hydrogens is 298 g/mol. The summed E-state index contributed by atoms with van der Waals surface area (Å²) in [5.74, 6) is -2.88. The molecule has 1 atom stereocenters. The van der Waals surface area contributed by atoms with Crippen LogP contribution in [0, 0.1) is 0 Å². The monoisotopic (exact) mass is 321 g/mol. The highest BCUT2D eigenvalue weighted by atomic mass is 16.5. The van der Waals surface area contributed by atoms with Crippen molar-refractivity contribution >= 4 is 17.7 Å². The SMILES string of the molecule is CCCCOC(=O)C(N)(C(=O)CN)C(=O)NCc1ccccc1. The maximum Gasteiger partial charge on any atom is 0.343 e. The van der Waals surface area contributed by atoms with Gasteiger partial charge in [0.05, 0.1) is 13.2 Å². The Kier molecular flexibility index (Phi) is 7.37. The Bertz CT molecular complexity index is 548. The molecule has 0 spiro atoms. The maximum absolute atomic E-state index is 12.3. The zero-order chi connectivity index (χ0) is 17.3. The second-order valence-corrected chi connectivity index (χ2v) is 5.09. The van der Waals surface area contributed by atoms with Crippen molar-refractivity contribution in [2.75, 3.05) is 13.2 Å². The molecule has 1 unspecified atom stereocenters. The zero-order valence-electron chi connectivity index (χ0n) is 13.2. The van der Waals surface area contributed by atoms with Crippen LogP contribution in [-0.2, 0) is 25.7 Å². The highest BCUT2D eigenvalue weighted by molar-refractivity contribution is 6.27. The molecule has 0 fully saturated rings. The Morgan fingerprint density at radius 2 is 1.87 bits per heavy atom. The van der Waals surface area contributed by atoms with Gasteiger partial charge in [-0.05, 0) is 12.0 Å². The van der Waals surface area contributed by atoms with Crippen LogP contribution in [0.3, 0.4) is 0 Å². The van der Waals surface area contributed by atoms with Crippen LogP contribution in [-0.4, -0.2) is 36.4 Å². The van der Waals surface area contributed by atoms with Crippen molar-refractivity contribution in [3.8, 4) is 0 Å². The van der Waals surface area contributed by atoms with Crippen LogP contribution in [0.15, 0.2) is 30.3 Å². The van der Waals surface area contributed by atoms with Crippen LogP contribution in [0.1, 0.15) is 25.3 Å². The molecule has 0 radical (unpaired) electrons. The number of Topliss-reactive ketones (excluding diaryl/α,β-unsaturated/α-hetero) is 1. The first-order chi connectivity index (χ1) is 11.0. The van der Waals surface area contributed by atoms with Crippen molar-refractivity contribution in [3.63, 3.8) is 0 Å². The number of carbonyl (C=O) groups excluding carboxylic acids is 3. The average molecular weight is 321 g/mol. The number of hydrogen-bond acceptors (Lipinski definition) is 6. The van der Waals surface area contributed by atoms with E-state index in [0.717, 1.165) is 12.0 Å². The third-order valence-corrected chi connectivity index (χ3v) is 3.33. The number of benzene rings is 1. The van der Waals surface area contributed by atoms with Crippen molar-refractivity contribution in [3.05, 3.63) is 35.9 Å². The topological polar surface area (TPSA) is 125 Å². The maximum atomic E-state index is 12.3. The molecule has 0 aliphatic rings. The molecule has 0 aromatic heterocycles. The highest BCUT2D eigenvalue weighted by Gasteiger charge is 2.49. The Hall–Kier alpha value is -2.25. The summed E-state index contributed by atoms with van der Waals surface area (Å²) in [5, 5.41) is 2.48. The Balaban J connectivity index is 2.80. The van der Waals surface area contributed by atoms with E-state index < -0.39 is 29.7 Å². The molecule has 0 aliphatic carbocycles. The minimum absolute atomic E-state index is 0.0953. The number of amides is 1. The van der Waals surface area contributed by atoms with Gasteiger partial charge in [-0.15, -0.1) is 0 Å². The molecule has 7 nitrogen and oxygen atoms in total. The fourth-order valence-electron chi connectivity index (χ4n) is 1.83. The molecule has 0 saturated heterocycles. The Morgan fingerprint density at radius 1 is 1.22 bits per heavy atom. The van der Waals surface area contributed by atoms with Crippen LogP contribution in [0.5, 0.6) is 0 Å². The summed E-state index contributed by atoms with van der Waals surface area (Å²) < 4.78 is 4.94. The summed E-state index contributed by atoms with van der Waals surface area (Å²) >= 11 is 0. The van der Waals surface area contributed by atoms with E-state index in [1.807, 2.05) is 13.0 Å². The lowest BCUT2D eigenvalue weighted by Crippen LogP contribution is -2.66. The van der Waals surface area contributed by atoms with Gasteiger partial charge in [-0.2, -0.15) is 0 Å². The first kappa shape index (κ1) is 18.8. The predicted octanol–water partition coefficient (Wildman–Crippen LogP) is -0.129. The summed E-state index contributed by atoms with van der Waals surface area (Å²) in [5.41, 5.74) is 9.44. The summed E-state index contributed by atoms with van der Waals surface area (Å²) in [6.45, 7) is 1.62. The molecule has 1 amide bonds. The van der Waals surface area contributed by atoms with E-state index in [4.69, 9.17) is 16.2 Å². The molecule has 7 heteroatoms. The van der Waals surface area contributed by atoms with Crippen LogP contribution < -0.4 is 16.8 Å². The number of hydrogen-bond donors (Lipinski definition) is 3. The van der Waals surface area contributed by atoms with E-state index >= 15 is 0 Å². The summed E-state index contributed by atoms with van der Waals surface area (Å²) in [4.78, 5) is 36.4. The van der Waals surface area contributed by atoms with E-state index in [1.165, 1.54) is 0 Å². The number of ether oxygens (including phenoxy) is 1. The first-order valence-corrected chi connectivity index (χ1v) is 7.48. The molecule has 0 bridgehead atoms. The molecule has 1 aromatic rings. The number of nitrogens with one attached hydrogen (secondary N) is 1. The highest BCUT2D eigenvalue weighted by Crippen LogP contribution is 2.08. The minimum atomic E-state index is -2.42. The Morgan fingerprint density at radius 3 is 2.43 bits per heavy atom. The van der Waals surface area contributed by atoms with E-state index in [0.29, 0.717) is 6.42 Å². The first-order valence-electron chi connectivity index (χ1n) is 7.48. The lowest BCUT2D eigenvalue weighted by atomic mass is 9.93. The normalized spacial score (nSPS) is 13.0. The van der Waals surface area contributed by atoms with Crippen molar-refractivity contribution in [2.45, 2.75) is 31.8 Å². The van der Waals surface area contributed by atoms with Gasteiger partial charge in [-0.3, -0.25) is 9.59 Å². The van der Waals surface area contributed by atoms with Gasteiger partial charge < -0.3 is 21.5 Å². The molecule has 1 aromatic carbocycles. The average Bonchev–Trinajstić information content (AvgIpc) is 2.59. The molecular formula is C16H23N3O4. The quantitative estimate of drug-likeness (QED) is 0.331. The standard InChI is InChI=1S/C16H23N3O4/c1-2-3-9-23-15(22)16(18,13(20)10-17)14(21)19-11-12-7-5-4-6-8-12/h4-8H,2-3,9-11,17-18H2,1H3,(H,19,21). The number of esters is 1. The fraction of sp³-hybridized carbons (Fsp3) is 0.438. The van der Waals surface area contributed by atoms with Crippen LogP contribution in [0.4, 0.5) is 0 Å². The molecule has 5 N–H and O–H groups in total. The molecule has 1 rings (SSSR count). The fourth-order valence-corrected chi connectivity index (χ4v) is 1.83. The van der Waals surface area contributed by atoms with Crippen molar-refractivity contribution in [1.82, 2.24) is 5.32 Å². The number of carbonyl (C=O) groups is 3. The third kappa shape index (κ3) is 4.87. The summed E-state index contributed by atoms with van der Waals surface area (Å²) in [7, 11) is 0. The van der Waals surface area contributed by atoms with Gasteiger partial charge in [0, 0.05) is 6.54 Å². The van der Waals surface area contributed by atoms with E-state index in [-0.39, 0.29) is 13.2 Å². The third-order valence-electron chi connectivity index (χ3n) is 3.33. The number of nitrogens with two attached hydrogens (primary N) is 2. The van der Waals surface area contributed by atoms with E-state index in [9.17, 15) is 14.4 Å². The molecule has 23 heavy (non-hydrogen) atoms. The Labute approximate surface area is 135 Å². The summed E-state index contributed by atoms with van der Waals surface area (Å²) in [6, 6.07) is 9.04. The van der Waals surface area contributed by atoms with Crippen molar-refractivity contribution < 1.29 is 19.1 Å². The van der Waals surface area contributed by atoms with Crippen molar-refractivity contribution in [2.24, 2.45) is 11.5 Å². The van der Waals surface area contributed by atoms with Crippen LogP contribution in [0.2, 0.25) is 0 Å². The van der Waals surface area contributed by atoms with Crippen molar-refractivity contribution in [1.29, 1.82) is 0 Å². The van der Waals surface area contributed by atoms with Gasteiger partial charge in [0.1, 0.15) is 0 Å². The van der Waals surface area contributed by atoms with E-state index in [2.05, 4.69) is 5.32 Å². The predicted molar refractivity (Wildman–Crippen MR) is 85.1 cm³/mol. The number of unbranched alkanes of at least 4 members (excludes halogenated alkanes) is 1. The van der Waals surface area contributed by atoms with Crippen LogP contribution >= 0.6 is 0 Å². The van der Waals surface area contributed by atoms with Gasteiger partial charge in [0.25, 0.3) is 11.4 Å². The van der Waals surface area contributed by atoms with Crippen LogP contribution in [0.25, 0.3) is 0 Å². The lowest BCUT2D eigenvalue weighted by Gasteiger charge is -2.24. The van der Waals surface area contributed by atoms with Gasteiger partial charge in [0.15, 0.2) is 5.78 Å². The second-order valence-electron chi connectivity index (χ2n) is 5.09. The number of ketones is 1. The smallest absolute Gasteiger partial charge is 0.343 e. The largest absolute Gasteiger partial charge is 0.464 e. The molecule has 0 aliphatic heterocycles. The lowest BCUT2D eigenvalue weighted by molar-refractivity contribution is -0.158. The minimum Gasteiger partial charge on any atom is -0.464 e. The molecule has 126 valence electrons. The second kappa shape index (κ2) is 9.02.